The Morgan fingerprint density at radius 3 is 2.33 bits per heavy atom. The average Bonchev–Trinajstić information content (AvgIpc) is 2.71. The van der Waals surface area contributed by atoms with Crippen LogP contribution in [0.2, 0.25) is 0 Å². The third kappa shape index (κ3) is 6.41. The molecule has 0 aliphatic heterocycles. The molecule has 162 valence electrons. The highest BCUT2D eigenvalue weighted by Crippen LogP contribution is 2.34. The second kappa shape index (κ2) is 10.4. The van der Waals surface area contributed by atoms with Crippen molar-refractivity contribution in [2.75, 3.05) is 25.5 Å². The first-order valence-corrected chi connectivity index (χ1v) is 10.1. The first-order chi connectivity index (χ1) is 14.2. The van der Waals surface area contributed by atoms with Crippen LogP contribution >= 0.6 is 11.8 Å². The molecule has 1 N–H and O–H groups in total. The lowest BCUT2D eigenvalue weighted by molar-refractivity contribution is -0.137. The molecule has 0 radical (unpaired) electrons. The quantitative estimate of drug-likeness (QED) is 0.606. The van der Waals surface area contributed by atoms with E-state index in [1.165, 1.54) is 34.9 Å². The maximum absolute atomic E-state index is 13.1. The normalized spacial score (nSPS) is 12.2. The number of amides is 2. The predicted molar refractivity (Wildman–Crippen MR) is 111 cm³/mol. The van der Waals surface area contributed by atoms with Crippen molar-refractivity contribution < 1.29 is 27.5 Å². The molecule has 2 aromatic rings. The number of para-hydroxylation sites is 1. The van der Waals surface area contributed by atoms with Gasteiger partial charge in [-0.1, -0.05) is 12.1 Å². The molecular weight excluding hydrogens is 417 g/mol. The Bertz CT molecular complexity index is 873. The van der Waals surface area contributed by atoms with Crippen LogP contribution in [0.1, 0.15) is 19.4 Å². The number of nitrogens with zero attached hydrogens (tertiary/aromatic N) is 1. The lowest BCUT2D eigenvalue weighted by Crippen LogP contribution is -2.41. The highest BCUT2D eigenvalue weighted by Gasteiger charge is 2.33. The Morgan fingerprint density at radius 1 is 1.13 bits per heavy atom. The summed E-state index contributed by atoms with van der Waals surface area (Å²) in [5, 5.41) is 1.79. The van der Waals surface area contributed by atoms with Crippen LogP contribution in [0.5, 0.6) is 5.75 Å². The number of ether oxygens (including phenoxy) is 1. The van der Waals surface area contributed by atoms with Gasteiger partial charge >= 0.3 is 6.18 Å². The molecule has 2 aromatic carbocycles. The maximum atomic E-state index is 13.1. The number of thioether (sulfide) groups is 1. The van der Waals surface area contributed by atoms with Crippen molar-refractivity contribution in [3.63, 3.8) is 0 Å². The standard InChI is InChI=1S/C21H23F3N2O3S/c1-4-26(20(28)14(2)30-16-11-9-15(29-3)10-12-16)13-19(27)25-18-8-6-5-7-17(18)21(22,23)24/h5-12,14H,4,13H2,1-3H3,(H,25,27). The minimum atomic E-state index is -4.59. The van der Waals surface area contributed by atoms with E-state index in [2.05, 4.69) is 5.32 Å². The van der Waals surface area contributed by atoms with Crippen LogP contribution in [0.4, 0.5) is 18.9 Å². The SMILES string of the molecule is CCN(CC(=O)Nc1ccccc1C(F)(F)F)C(=O)C(C)Sc1ccc(OC)cc1. The van der Waals surface area contributed by atoms with Crippen LogP contribution in [0.3, 0.4) is 0 Å². The molecule has 0 fully saturated rings. The molecule has 2 amide bonds. The average molecular weight is 440 g/mol. The predicted octanol–water partition coefficient (Wildman–Crippen LogP) is 4.68. The van der Waals surface area contributed by atoms with Gasteiger partial charge in [-0.15, -0.1) is 11.8 Å². The Labute approximate surface area is 177 Å². The number of carbonyl (C=O) groups excluding carboxylic acids is 2. The number of benzene rings is 2. The Balaban J connectivity index is 2.01. The van der Waals surface area contributed by atoms with Gasteiger partial charge in [-0.25, -0.2) is 0 Å². The van der Waals surface area contributed by atoms with E-state index in [1.54, 1.807) is 33.1 Å². The van der Waals surface area contributed by atoms with Gasteiger partial charge in [0.15, 0.2) is 0 Å². The summed E-state index contributed by atoms with van der Waals surface area (Å²) in [4.78, 5) is 27.2. The summed E-state index contributed by atoms with van der Waals surface area (Å²) in [6.45, 7) is 3.34. The van der Waals surface area contributed by atoms with Gasteiger partial charge in [0.1, 0.15) is 5.75 Å². The topological polar surface area (TPSA) is 58.6 Å². The molecule has 0 spiro atoms. The number of halogens is 3. The molecule has 9 heteroatoms. The van der Waals surface area contributed by atoms with Crippen LogP contribution < -0.4 is 10.1 Å². The lowest BCUT2D eigenvalue weighted by atomic mass is 10.1. The van der Waals surface area contributed by atoms with Gasteiger partial charge in [-0.3, -0.25) is 9.59 Å². The maximum Gasteiger partial charge on any atom is 0.418 e. The molecule has 1 atom stereocenters. The number of methoxy groups -OCH3 is 1. The van der Waals surface area contributed by atoms with Crippen LogP contribution in [-0.4, -0.2) is 42.2 Å². The van der Waals surface area contributed by atoms with Gasteiger partial charge in [0.25, 0.3) is 0 Å². The van der Waals surface area contributed by atoms with Crippen molar-refractivity contribution in [3.8, 4) is 5.75 Å². The number of alkyl halides is 3. The number of anilines is 1. The Kier molecular flexibility index (Phi) is 8.16. The zero-order chi connectivity index (χ0) is 22.3. The van der Waals surface area contributed by atoms with Crippen molar-refractivity contribution in [1.82, 2.24) is 4.90 Å². The molecule has 1 unspecified atom stereocenters. The fraction of sp³-hybridized carbons (Fsp3) is 0.333. The van der Waals surface area contributed by atoms with E-state index in [4.69, 9.17) is 4.74 Å². The molecule has 0 heterocycles. The van der Waals surface area contributed by atoms with Crippen molar-refractivity contribution in [1.29, 1.82) is 0 Å². The largest absolute Gasteiger partial charge is 0.497 e. The zero-order valence-electron chi connectivity index (χ0n) is 16.8. The number of nitrogens with one attached hydrogen (secondary N) is 1. The first-order valence-electron chi connectivity index (χ1n) is 9.21. The summed E-state index contributed by atoms with van der Waals surface area (Å²) in [6, 6.07) is 11.9. The van der Waals surface area contributed by atoms with Crippen molar-refractivity contribution in [3.05, 3.63) is 54.1 Å². The Hall–Kier alpha value is -2.68. The summed E-state index contributed by atoms with van der Waals surface area (Å²) in [6.07, 6.45) is -4.59. The van der Waals surface area contributed by atoms with Crippen LogP contribution in [0.15, 0.2) is 53.4 Å². The smallest absolute Gasteiger partial charge is 0.418 e. The third-order valence-corrected chi connectivity index (χ3v) is 5.35. The van der Waals surface area contributed by atoms with Gasteiger partial charge in [-0.2, -0.15) is 13.2 Å². The number of hydrogen-bond donors (Lipinski definition) is 1. The number of carbonyl (C=O) groups is 2. The van der Waals surface area contributed by atoms with Gasteiger partial charge in [-0.05, 0) is 50.2 Å². The van der Waals surface area contributed by atoms with E-state index in [9.17, 15) is 22.8 Å². The molecular formula is C21H23F3N2O3S. The van der Waals surface area contributed by atoms with Crippen molar-refractivity contribution >= 4 is 29.3 Å². The number of rotatable bonds is 8. The lowest BCUT2D eigenvalue weighted by Gasteiger charge is -2.24. The molecule has 0 saturated carbocycles. The van der Waals surface area contributed by atoms with Crippen LogP contribution in [0, 0.1) is 0 Å². The summed E-state index contributed by atoms with van der Waals surface area (Å²) in [5.41, 5.74) is -1.27. The van der Waals surface area contributed by atoms with E-state index in [0.717, 1.165) is 11.0 Å². The second-order valence-corrected chi connectivity index (χ2v) is 7.79. The number of hydrogen-bond acceptors (Lipinski definition) is 4. The molecule has 0 aliphatic carbocycles. The molecule has 2 rings (SSSR count). The van der Waals surface area contributed by atoms with Gasteiger partial charge in [0.05, 0.1) is 30.2 Å². The minimum Gasteiger partial charge on any atom is -0.497 e. The van der Waals surface area contributed by atoms with Crippen LogP contribution in [0.25, 0.3) is 0 Å². The monoisotopic (exact) mass is 440 g/mol. The molecule has 5 nitrogen and oxygen atoms in total. The molecule has 0 aliphatic rings. The minimum absolute atomic E-state index is 0.251. The second-order valence-electron chi connectivity index (χ2n) is 6.38. The molecule has 0 bridgehead atoms. The van der Waals surface area contributed by atoms with Crippen LogP contribution in [-0.2, 0) is 15.8 Å². The summed E-state index contributed by atoms with van der Waals surface area (Å²) < 4.78 is 44.4. The van der Waals surface area contributed by atoms with Crippen molar-refractivity contribution in [2.24, 2.45) is 0 Å². The fourth-order valence-corrected chi connectivity index (χ4v) is 3.67. The number of likely N-dealkylation sites (N-methyl/N-ethyl adjacent to an activating group) is 1. The van der Waals surface area contributed by atoms with Gasteiger partial charge in [0.2, 0.25) is 11.8 Å². The third-order valence-electron chi connectivity index (χ3n) is 4.25. The van der Waals surface area contributed by atoms with E-state index in [0.29, 0.717) is 5.75 Å². The molecule has 0 saturated heterocycles. The summed E-state index contributed by atoms with van der Waals surface area (Å²) >= 11 is 1.32. The van der Waals surface area contributed by atoms with E-state index in [-0.39, 0.29) is 24.7 Å². The highest BCUT2D eigenvalue weighted by atomic mass is 32.2. The first kappa shape index (κ1) is 23.6. The van der Waals surface area contributed by atoms with E-state index in [1.807, 2.05) is 12.1 Å². The summed E-state index contributed by atoms with van der Waals surface area (Å²) in [7, 11) is 1.56. The van der Waals surface area contributed by atoms with E-state index < -0.39 is 22.9 Å². The van der Waals surface area contributed by atoms with Gasteiger partial charge < -0.3 is 15.0 Å². The van der Waals surface area contributed by atoms with Crippen molar-refractivity contribution in [2.45, 2.75) is 30.2 Å². The molecule has 30 heavy (non-hydrogen) atoms. The highest BCUT2D eigenvalue weighted by molar-refractivity contribution is 8.00. The summed E-state index contributed by atoms with van der Waals surface area (Å²) in [5.74, 6) is -0.273. The molecule has 0 aromatic heterocycles. The fourth-order valence-electron chi connectivity index (χ4n) is 2.71. The van der Waals surface area contributed by atoms with E-state index >= 15 is 0 Å². The zero-order valence-corrected chi connectivity index (χ0v) is 17.6. The van der Waals surface area contributed by atoms with Gasteiger partial charge in [0, 0.05) is 11.4 Å². The Morgan fingerprint density at radius 2 is 1.77 bits per heavy atom.